The highest BCUT2D eigenvalue weighted by Crippen LogP contribution is 2.25. The number of nitrogens with zero attached hydrogens (tertiary/aromatic N) is 2. The Hall–Kier alpha value is -2.49. The number of pyridine rings is 1. The molecule has 1 aliphatic heterocycles. The molecule has 0 unspecified atom stereocenters. The van der Waals surface area contributed by atoms with E-state index in [0.717, 1.165) is 28.0 Å². The summed E-state index contributed by atoms with van der Waals surface area (Å²) in [6.45, 7) is 0.101. The van der Waals surface area contributed by atoms with E-state index in [-0.39, 0.29) is 6.85 Å². The van der Waals surface area contributed by atoms with Crippen molar-refractivity contribution in [3.63, 3.8) is 0 Å². The molecule has 0 atom stereocenters. The van der Waals surface area contributed by atoms with Gasteiger partial charge in [-0.3, -0.25) is 4.81 Å². The second kappa shape index (κ2) is 4.77. The standard InChI is InChI=1S/C18H18BN2O/c1-13-8-9-17(20(3)12-13)21-11-10-16-18(19(21)2)14-6-4-5-7-15(14)22-16/h4-12H,1-3H3/q+1/i1D3. The van der Waals surface area contributed by atoms with Crippen molar-refractivity contribution in [3.05, 3.63) is 60.1 Å². The maximum Gasteiger partial charge on any atom is 0.413 e. The fraction of sp³-hybridized carbons (Fsp3) is 0.167. The first-order valence-electron chi connectivity index (χ1n) is 8.84. The largest absolute Gasteiger partial charge is 0.457 e. The van der Waals surface area contributed by atoms with Gasteiger partial charge >= 0.3 is 6.85 Å². The van der Waals surface area contributed by atoms with Crippen LogP contribution in [0.4, 0.5) is 5.82 Å². The summed E-state index contributed by atoms with van der Waals surface area (Å²) in [5.41, 5.74) is 2.37. The molecule has 0 amide bonds. The maximum absolute atomic E-state index is 7.57. The molecule has 0 spiro atoms. The molecule has 3 aromatic rings. The van der Waals surface area contributed by atoms with Crippen LogP contribution in [0.1, 0.15) is 15.4 Å². The number of hydrogen-bond acceptors (Lipinski definition) is 2. The van der Waals surface area contributed by atoms with E-state index >= 15 is 0 Å². The summed E-state index contributed by atoms with van der Waals surface area (Å²) in [5, 5.41) is 1.11. The van der Waals surface area contributed by atoms with Crippen LogP contribution < -0.4 is 14.8 Å². The number of furan rings is 1. The van der Waals surface area contributed by atoms with Crippen molar-refractivity contribution in [2.45, 2.75) is 13.7 Å². The van der Waals surface area contributed by atoms with Gasteiger partial charge in [0.15, 0.2) is 0 Å². The lowest BCUT2D eigenvalue weighted by Crippen LogP contribution is -2.50. The van der Waals surface area contributed by atoms with Gasteiger partial charge in [-0.15, -0.1) is 0 Å². The van der Waals surface area contributed by atoms with E-state index in [1.807, 2.05) is 48.2 Å². The summed E-state index contributed by atoms with van der Waals surface area (Å²) >= 11 is 0. The Kier molecular flexibility index (Phi) is 2.23. The molecule has 0 saturated carbocycles. The number of anilines is 1. The first-order valence-corrected chi connectivity index (χ1v) is 7.34. The van der Waals surface area contributed by atoms with Crippen LogP contribution in [0.2, 0.25) is 6.82 Å². The Morgan fingerprint density at radius 2 is 2.09 bits per heavy atom. The lowest BCUT2D eigenvalue weighted by Gasteiger charge is -2.22. The molecule has 0 bridgehead atoms. The molecule has 3 heterocycles. The topological polar surface area (TPSA) is 20.3 Å². The average molecular weight is 292 g/mol. The predicted octanol–water partition coefficient (Wildman–Crippen LogP) is 2.88. The molecule has 4 rings (SSSR count). The van der Waals surface area contributed by atoms with E-state index in [4.69, 9.17) is 8.53 Å². The third-order valence-corrected chi connectivity index (χ3v) is 4.25. The zero-order chi connectivity index (χ0) is 17.8. The molecule has 0 N–H and O–H groups in total. The number of hydrogen-bond donors (Lipinski definition) is 0. The molecule has 0 fully saturated rings. The normalized spacial score (nSPS) is 16.4. The first kappa shape index (κ1) is 10.3. The van der Waals surface area contributed by atoms with Crippen LogP contribution in [0, 0.1) is 6.85 Å². The average Bonchev–Trinajstić information content (AvgIpc) is 2.94. The van der Waals surface area contributed by atoms with Gasteiger partial charge in [0.2, 0.25) is 0 Å². The lowest BCUT2D eigenvalue weighted by molar-refractivity contribution is -0.658. The van der Waals surface area contributed by atoms with Crippen LogP contribution in [0.25, 0.3) is 17.0 Å². The Labute approximate surface area is 134 Å². The molecule has 1 aromatic carbocycles. The van der Waals surface area contributed by atoms with Crippen LogP contribution in [-0.2, 0) is 7.05 Å². The zero-order valence-electron chi connectivity index (χ0n) is 15.6. The summed E-state index contributed by atoms with van der Waals surface area (Å²) < 4.78 is 30.5. The molecule has 4 heteroatoms. The van der Waals surface area contributed by atoms with Crippen LogP contribution in [-0.4, -0.2) is 6.85 Å². The summed E-state index contributed by atoms with van der Waals surface area (Å²) in [4.78, 5) is 2.13. The molecular weight excluding hydrogens is 271 g/mol. The first-order chi connectivity index (χ1) is 11.9. The van der Waals surface area contributed by atoms with Crippen molar-refractivity contribution < 1.29 is 13.1 Å². The number of para-hydroxylation sites is 1. The van der Waals surface area contributed by atoms with E-state index in [2.05, 4.69) is 17.7 Å². The van der Waals surface area contributed by atoms with Gasteiger partial charge < -0.3 is 4.42 Å². The smallest absolute Gasteiger partial charge is 0.413 e. The molecule has 0 saturated heterocycles. The van der Waals surface area contributed by atoms with Crippen LogP contribution in [0.15, 0.2) is 53.2 Å². The van der Waals surface area contributed by atoms with Gasteiger partial charge in [-0.1, -0.05) is 18.2 Å². The van der Waals surface area contributed by atoms with Crippen LogP contribution in [0.5, 0.6) is 0 Å². The molecule has 22 heavy (non-hydrogen) atoms. The minimum Gasteiger partial charge on any atom is -0.457 e. The summed E-state index contributed by atoms with van der Waals surface area (Å²) in [7, 11) is 1.87. The molecule has 2 aromatic heterocycles. The number of aromatic nitrogens is 1. The second-order valence-corrected chi connectivity index (χ2v) is 5.66. The number of benzene rings is 1. The number of aryl methyl sites for hydroxylation is 2. The quantitative estimate of drug-likeness (QED) is 0.508. The molecule has 1 aliphatic rings. The van der Waals surface area contributed by atoms with E-state index in [0.29, 0.717) is 5.56 Å². The zero-order valence-corrected chi connectivity index (χ0v) is 12.6. The lowest BCUT2D eigenvalue weighted by atomic mass is 9.54. The van der Waals surface area contributed by atoms with E-state index < -0.39 is 6.85 Å². The van der Waals surface area contributed by atoms with E-state index in [9.17, 15) is 0 Å². The third kappa shape index (κ3) is 1.87. The monoisotopic (exact) mass is 292 g/mol. The summed E-state index contributed by atoms with van der Waals surface area (Å²) in [6, 6.07) is 11.6. The highest BCUT2D eigenvalue weighted by atomic mass is 16.3. The van der Waals surface area contributed by atoms with Crippen molar-refractivity contribution >= 4 is 35.2 Å². The van der Waals surface area contributed by atoms with E-state index in [1.165, 1.54) is 0 Å². The van der Waals surface area contributed by atoms with E-state index in [1.54, 1.807) is 12.3 Å². The Morgan fingerprint density at radius 1 is 1.23 bits per heavy atom. The number of rotatable bonds is 1. The minimum absolute atomic E-state index is 0.0773. The molecular formula is C18H18BN2O+. The van der Waals surface area contributed by atoms with Gasteiger partial charge in [0.1, 0.15) is 11.3 Å². The highest BCUT2D eigenvalue weighted by molar-refractivity contribution is 6.79. The fourth-order valence-electron chi connectivity index (χ4n) is 3.20. The second-order valence-electron chi connectivity index (χ2n) is 5.66. The van der Waals surface area contributed by atoms with Gasteiger partial charge in [-0.05, 0) is 31.4 Å². The number of fused-ring (bicyclic) bond motifs is 3. The van der Waals surface area contributed by atoms with Crippen molar-refractivity contribution in [2.75, 3.05) is 4.81 Å². The third-order valence-electron chi connectivity index (χ3n) is 4.25. The molecule has 3 nitrogen and oxygen atoms in total. The fourth-order valence-corrected chi connectivity index (χ4v) is 3.20. The van der Waals surface area contributed by atoms with Crippen molar-refractivity contribution in [3.8, 4) is 0 Å². The summed E-state index contributed by atoms with van der Waals surface area (Å²) in [6.07, 6.45) is 5.62. The van der Waals surface area contributed by atoms with Crippen LogP contribution in [0.3, 0.4) is 0 Å². The Balaban J connectivity index is 1.78. The Bertz CT molecular complexity index is 994. The maximum atomic E-state index is 7.57. The minimum atomic E-state index is -2.10. The van der Waals surface area contributed by atoms with Crippen molar-refractivity contribution in [1.29, 1.82) is 0 Å². The van der Waals surface area contributed by atoms with Gasteiger partial charge in [0, 0.05) is 27.1 Å². The van der Waals surface area contributed by atoms with Gasteiger partial charge in [-0.2, -0.15) is 0 Å². The highest BCUT2D eigenvalue weighted by Gasteiger charge is 2.36. The molecule has 0 aliphatic carbocycles. The summed E-state index contributed by atoms with van der Waals surface area (Å²) in [5.74, 6) is 1.80. The van der Waals surface area contributed by atoms with Crippen molar-refractivity contribution in [1.82, 2.24) is 0 Å². The van der Waals surface area contributed by atoms with Gasteiger partial charge in [0.25, 0.3) is 5.82 Å². The molecule has 0 radical (unpaired) electrons. The van der Waals surface area contributed by atoms with Gasteiger partial charge in [-0.25, -0.2) is 4.57 Å². The molecule has 108 valence electrons. The predicted molar refractivity (Wildman–Crippen MR) is 91.3 cm³/mol. The SMILES string of the molecule is [2H]C([2H])([2H])c1ccc(N2C=Cc3oc4ccccc4c3B2C)[n+](C)c1. The van der Waals surface area contributed by atoms with Crippen LogP contribution >= 0.6 is 0 Å². The Morgan fingerprint density at radius 3 is 2.91 bits per heavy atom. The van der Waals surface area contributed by atoms with Crippen molar-refractivity contribution in [2.24, 2.45) is 7.05 Å². The van der Waals surface area contributed by atoms with Gasteiger partial charge in [0.05, 0.1) is 19.4 Å².